The van der Waals surface area contributed by atoms with Crippen LogP contribution in [0.25, 0.3) is 0 Å². The highest BCUT2D eigenvalue weighted by molar-refractivity contribution is 5.84. The Hall–Kier alpha value is -3.03. The smallest absolute Gasteiger partial charge is 0.309 e. The third-order valence-electron chi connectivity index (χ3n) is 16.8. The van der Waals surface area contributed by atoms with Crippen molar-refractivity contribution in [2.75, 3.05) is 6.79 Å². The molecule has 1 aliphatic heterocycles. The van der Waals surface area contributed by atoms with Crippen molar-refractivity contribution < 1.29 is 33.7 Å². The third kappa shape index (κ3) is 5.45. The average molecular weight is 718 g/mol. The number of hydrogen-bond donors (Lipinski definition) is 2. The number of fused-ring (bicyclic) bond motifs is 8. The van der Waals surface area contributed by atoms with Crippen LogP contribution in [0.2, 0.25) is 0 Å². The first-order valence-corrected chi connectivity index (χ1v) is 20.1. The fourth-order valence-corrected chi connectivity index (χ4v) is 13.8. The highest BCUT2D eigenvalue weighted by atomic mass is 16.7. The summed E-state index contributed by atoms with van der Waals surface area (Å²) in [6.45, 7) is 22.9. The molecule has 1 amide bonds. The maximum Gasteiger partial charge on any atom is 0.309 e. The summed E-state index contributed by atoms with van der Waals surface area (Å²) in [6.07, 6.45) is 9.91. The van der Waals surface area contributed by atoms with Crippen molar-refractivity contribution in [3.63, 3.8) is 0 Å². The van der Waals surface area contributed by atoms with Gasteiger partial charge in [-0.15, -0.1) is 0 Å². The number of aliphatic carboxylic acids is 1. The Labute approximate surface area is 311 Å². The molecule has 0 spiro atoms. The quantitative estimate of drug-likeness (QED) is 0.204. The highest BCUT2D eigenvalue weighted by Gasteiger charge is 2.72. The summed E-state index contributed by atoms with van der Waals surface area (Å²) in [5, 5.41) is 13.0. The summed E-state index contributed by atoms with van der Waals surface area (Å²) in [6, 6.07) is 5.93. The van der Waals surface area contributed by atoms with Gasteiger partial charge in [0.2, 0.25) is 12.7 Å². The standard InChI is InChI=1S/C44H63NO7/c1-26(2)28-14-19-44(37(47)45-24-27-10-12-30-31(22-27)51-25-50-30)21-20-42(8)29(36(28)44)11-13-33-41(7)17-16-34(52-35(46)23-39(3,4)38(48)49)40(5,6)32(41)15-18-43(33,42)9/h10,12,22,28-29,32-34,36H,1,11,13-21,23-25H2,2-9H3,(H,45,47)(H,48,49)/t28-,29+,32-,33+,34-,36+,41-,42+,43+,44-/m0/s1. The summed E-state index contributed by atoms with van der Waals surface area (Å²) < 4.78 is 17.3. The number of benzene rings is 1. The normalized spacial score (nSPS) is 40.0. The van der Waals surface area contributed by atoms with Crippen molar-refractivity contribution in [1.29, 1.82) is 0 Å². The minimum atomic E-state index is -1.15. The number of esters is 1. The molecule has 5 aliphatic carbocycles. The molecule has 5 saturated carbocycles. The summed E-state index contributed by atoms with van der Waals surface area (Å²) in [4.78, 5) is 39.4. The Bertz CT molecular complexity index is 1650. The summed E-state index contributed by atoms with van der Waals surface area (Å²) >= 11 is 0. The van der Waals surface area contributed by atoms with Crippen LogP contribution in [0.3, 0.4) is 0 Å². The van der Waals surface area contributed by atoms with Crippen LogP contribution >= 0.6 is 0 Å². The van der Waals surface area contributed by atoms with Crippen molar-refractivity contribution in [3.8, 4) is 11.5 Å². The summed E-state index contributed by atoms with van der Waals surface area (Å²) in [7, 11) is 0. The molecule has 8 heteroatoms. The van der Waals surface area contributed by atoms with Crippen LogP contribution in [-0.2, 0) is 25.7 Å². The van der Waals surface area contributed by atoms with E-state index in [1.807, 2.05) is 18.2 Å². The highest BCUT2D eigenvalue weighted by Crippen LogP contribution is 2.77. The molecule has 0 unspecified atom stereocenters. The lowest BCUT2D eigenvalue weighted by Gasteiger charge is -2.72. The van der Waals surface area contributed by atoms with Crippen LogP contribution in [0.1, 0.15) is 132 Å². The van der Waals surface area contributed by atoms with Crippen LogP contribution in [0, 0.1) is 62.1 Å². The molecule has 1 aromatic rings. The molecule has 5 fully saturated rings. The first kappa shape index (κ1) is 37.3. The maximum atomic E-state index is 14.6. The van der Waals surface area contributed by atoms with Crippen LogP contribution < -0.4 is 14.8 Å². The molecule has 10 atom stereocenters. The van der Waals surface area contributed by atoms with Gasteiger partial charge in [-0.3, -0.25) is 14.4 Å². The second-order valence-electron chi connectivity index (χ2n) is 19.9. The largest absolute Gasteiger partial charge is 0.481 e. The van der Waals surface area contributed by atoms with Gasteiger partial charge in [0.25, 0.3) is 0 Å². The fraction of sp³-hybridized carbons (Fsp3) is 0.750. The second-order valence-corrected chi connectivity index (χ2v) is 19.9. The number of hydrogen-bond acceptors (Lipinski definition) is 6. The molecule has 52 heavy (non-hydrogen) atoms. The van der Waals surface area contributed by atoms with Crippen LogP contribution in [-0.4, -0.2) is 35.8 Å². The minimum Gasteiger partial charge on any atom is -0.481 e. The second kappa shape index (κ2) is 12.5. The Morgan fingerprint density at radius 3 is 2.35 bits per heavy atom. The van der Waals surface area contributed by atoms with Gasteiger partial charge in [0.1, 0.15) is 6.10 Å². The van der Waals surface area contributed by atoms with Crippen molar-refractivity contribution in [3.05, 3.63) is 35.9 Å². The van der Waals surface area contributed by atoms with Crippen molar-refractivity contribution in [2.45, 2.75) is 139 Å². The molecule has 1 aromatic carbocycles. The maximum absolute atomic E-state index is 14.6. The summed E-state index contributed by atoms with van der Waals surface area (Å²) in [5.41, 5.74) is 0.829. The van der Waals surface area contributed by atoms with Crippen LogP contribution in [0.4, 0.5) is 0 Å². The van der Waals surface area contributed by atoms with Gasteiger partial charge in [-0.05, 0) is 149 Å². The average Bonchev–Trinajstić information content (AvgIpc) is 3.70. The first-order chi connectivity index (χ1) is 24.3. The van der Waals surface area contributed by atoms with Gasteiger partial charge in [-0.2, -0.15) is 0 Å². The van der Waals surface area contributed by atoms with Crippen molar-refractivity contribution in [1.82, 2.24) is 5.32 Å². The Morgan fingerprint density at radius 2 is 1.63 bits per heavy atom. The number of amides is 1. The SMILES string of the molecule is C=C(C)[C@@H]1CC[C@]2(C(=O)NCc3ccc4c(c3)OCO4)CC[C@]3(C)[C@H](CC[C@@H]4[C@@]5(C)CC[C@H](OC(=O)CC(C)(C)C(=O)O)C(C)(C)[C@@H]5CC[C@]43C)[C@@H]12. The zero-order valence-electron chi connectivity index (χ0n) is 33.0. The fourth-order valence-electron chi connectivity index (χ4n) is 13.8. The predicted octanol–water partition coefficient (Wildman–Crippen LogP) is 9.10. The van der Waals surface area contributed by atoms with Crippen LogP contribution in [0.5, 0.6) is 11.5 Å². The van der Waals surface area contributed by atoms with Crippen molar-refractivity contribution in [2.24, 2.45) is 62.1 Å². The van der Waals surface area contributed by atoms with E-state index in [-0.39, 0.29) is 58.2 Å². The number of ether oxygens (including phenoxy) is 3. The Kier molecular flexibility index (Phi) is 8.97. The molecule has 0 saturated heterocycles. The van der Waals surface area contributed by atoms with Gasteiger partial charge in [0.05, 0.1) is 17.3 Å². The van der Waals surface area contributed by atoms with E-state index in [4.69, 9.17) is 14.2 Å². The van der Waals surface area contributed by atoms with E-state index < -0.39 is 17.4 Å². The van der Waals surface area contributed by atoms with Gasteiger partial charge in [0.15, 0.2) is 11.5 Å². The van der Waals surface area contributed by atoms with Crippen molar-refractivity contribution >= 4 is 17.8 Å². The molecule has 0 radical (unpaired) electrons. The first-order valence-electron chi connectivity index (χ1n) is 20.1. The number of carboxylic acid groups (broad SMARTS) is 1. The van der Waals surface area contributed by atoms with E-state index in [0.717, 1.165) is 81.3 Å². The summed E-state index contributed by atoms with van der Waals surface area (Å²) in [5.74, 6) is 2.34. The van der Waals surface area contributed by atoms with Gasteiger partial charge < -0.3 is 24.6 Å². The number of rotatable bonds is 8. The van der Waals surface area contributed by atoms with E-state index in [9.17, 15) is 19.5 Å². The number of carboxylic acids is 1. The van der Waals surface area contributed by atoms with Gasteiger partial charge in [-0.1, -0.05) is 52.8 Å². The van der Waals surface area contributed by atoms with Gasteiger partial charge in [-0.25, -0.2) is 0 Å². The van der Waals surface area contributed by atoms with E-state index in [1.165, 1.54) is 5.57 Å². The third-order valence-corrected chi connectivity index (χ3v) is 16.8. The molecule has 2 N–H and O–H groups in total. The predicted molar refractivity (Wildman–Crippen MR) is 199 cm³/mol. The Balaban J connectivity index is 1.12. The van der Waals surface area contributed by atoms with E-state index in [0.29, 0.717) is 30.2 Å². The van der Waals surface area contributed by atoms with Gasteiger partial charge >= 0.3 is 11.9 Å². The lowest BCUT2D eigenvalue weighted by molar-refractivity contribution is -0.249. The molecule has 0 bridgehead atoms. The van der Waals surface area contributed by atoms with Gasteiger partial charge in [0, 0.05) is 12.0 Å². The molecule has 286 valence electrons. The van der Waals surface area contributed by atoms with E-state index in [1.54, 1.807) is 13.8 Å². The van der Waals surface area contributed by atoms with E-state index >= 15 is 0 Å². The lowest BCUT2D eigenvalue weighted by Crippen LogP contribution is -2.67. The van der Waals surface area contributed by atoms with E-state index in [2.05, 4.69) is 53.4 Å². The number of carbonyl (C=O) groups excluding carboxylic acids is 2. The molecular weight excluding hydrogens is 654 g/mol. The lowest BCUT2D eigenvalue weighted by atomic mass is 9.32. The molecular formula is C44H63NO7. The monoisotopic (exact) mass is 717 g/mol. The molecule has 7 rings (SSSR count). The number of allylic oxidation sites excluding steroid dienone is 1. The Morgan fingerprint density at radius 1 is 0.904 bits per heavy atom. The zero-order valence-corrected chi connectivity index (χ0v) is 33.0. The topological polar surface area (TPSA) is 111 Å². The molecule has 6 aliphatic rings. The minimum absolute atomic E-state index is 0.101. The zero-order chi connectivity index (χ0) is 37.6. The molecule has 8 nitrogen and oxygen atoms in total. The number of nitrogens with one attached hydrogen (secondary N) is 1. The molecule has 0 aromatic heterocycles. The number of carbonyl (C=O) groups is 3. The van der Waals surface area contributed by atoms with Crippen LogP contribution in [0.15, 0.2) is 30.4 Å². The molecule has 1 heterocycles.